The molecule has 0 radical (unpaired) electrons. The highest BCUT2D eigenvalue weighted by atomic mass is 16.5. The molecular weight excluding hydrogens is 773 g/mol. The molecule has 0 saturated carbocycles. The van der Waals surface area contributed by atoms with E-state index < -0.39 is 0 Å². The Hall–Kier alpha value is -6.09. The molecule has 0 bridgehead atoms. The van der Waals surface area contributed by atoms with Gasteiger partial charge in [-0.25, -0.2) is 4.79 Å². The van der Waals surface area contributed by atoms with Crippen LogP contribution in [0, 0.1) is 36.5 Å². The van der Waals surface area contributed by atoms with Crippen molar-refractivity contribution in [2.24, 2.45) is 29.6 Å². The Morgan fingerprint density at radius 1 is 0.571 bits per heavy atom. The summed E-state index contributed by atoms with van der Waals surface area (Å²) in [6, 6.07) is 14.1. The van der Waals surface area contributed by atoms with Crippen LogP contribution >= 0.6 is 0 Å². The maximum atomic E-state index is 13.0. The van der Waals surface area contributed by atoms with Gasteiger partial charge in [-0.15, -0.1) is 0 Å². The van der Waals surface area contributed by atoms with Gasteiger partial charge in [0.15, 0.2) is 0 Å². The summed E-state index contributed by atoms with van der Waals surface area (Å²) in [5, 5.41) is 10.4. The van der Waals surface area contributed by atoms with Gasteiger partial charge >= 0.3 is 12.1 Å². The van der Waals surface area contributed by atoms with Crippen molar-refractivity contribution >= 4 is 66.7 Å². The van der Waals surface area contributed by atoms with Gasteiger partial charge in [0.25, 0.3) is 0 Å². The molecule has 0 saturated heterocycles. The third-order valence-corrected chi connectivity index (χ3v) is 21.0. The van der Waals surface area contributed by atoms with E-state index in [0.717, 1.165) is 19.3 Å². The van der Waals surface area contributed by atoms with Crippen molar-refractivity contribution in [2.75, 3.05) is 7.11 Å². The van der Waals surface area contributed by atoms with E-state index in [1.54, 1.807) is 121 Å². The Bertz CT molecular complexity index is 3820. The van der Waals surface area contributed by atoms with Gasteiger partial charge in [-0.1, -0.05) is 54.1 Å². The van der Waals surface area contributed by atoms with Crippen LogP contribution in [0.2, 0.25) is 0 Å². The molecule has 6 aromatic rings. The van der Waals surface area contributed by atoms with E-state index in [-0.39, 0.29) is 23.0 Å². The number of allylic oxidation sites excluding steroid dienone is 8. The maximum absolute atomic E-state index is 13.0. The molecule has 63 heavy (non-hydrogen) atoms. The molecule has 4 nitrogen and oxygen atoms in total. The van der Waals surface area contributed by atoms with Crippen molar-refractivity contribution in [2.45, 2.75) is 80.5 Å². The third-order valence-electron chi connectivity index (χ3n) is 21.0. The Morgan fingerprint density at radius 3 is 1.60 bits per heavy atom. The second-order valence-corrected chi connectivity index (χ2v) is 22.6. The molecule has 0 N–H and O–H groups in total. The fourth-order valence-corrected chi connectivity index (χ4v) is 19.9. The molecule has 14 aliphatic rings. The number of methoxy groups -OCH3 is 1. The predicted octanol–water partition coefficient (Wildman–Crippen LogP) is 11.0. The van der Waals surface area contributed by atoms with E-state index in [2.05, 4.69) is 67.6 Å². The fourth-order valence-electron chi connectivity index (χ4n) is 19.9. The second-order valence-electron chi connectivity index (χ2n) is 22.6. The first-order valence-electron chi connectivity index (χ1n) is 23.7. The quantitative estimate of drug-likeness (QED) is 0.123. The van der Waals surface area contributed by atoms with Gasteiger partial charge < -0.3 is 4.74 Å². The molecule has 0 amide bonds. The number of esters is 1. The molecule has 0 fully saturated rings. The molecule has 2 spiro atoms. The average Bonchev–Trinajstić information content (AvgIpc) is 4.12. The Kier molecular flexibility index (Phi) is 4.59. The first-order chi connectivity index (χ1) is 30.9. The average molecular weight is 811 g/mol. The zero-order valence-electron chi connectivity index (χ0n) is 35.0. The highest BCUT2D eigenvalue weighted by Gasteiger charge is 2.68. The molecule has 14 aliphatic carbocycles. The number of rotatable bonds is 1. The van der Waals surface area contributed by atoms with Gasteiger partial charge in [0.2, 0.25) is 0 Å². The van der Waals surface area contributed by atoms with Crippen LogP contribution in [0.25, 0.3) is 54.6 Å². The van der Waals surface area contributed by atoms with Crippen LogP contribution < -0.4 is 0 Å². The highest BCUT2D eigenvalue weighted by Crippen LogP contribution is 2.81. The molecule has 298 valence electrons. The molecule has 10 unspecified atom stereocenters. The van der Waals surface area contributed by atoms with E-state index in [9.17, 15) is 4.79 Å². The number of carbonyl (C=O) groups is 1. The van der Waals surface area contributed by atoms with Crippen LogP contribution in [0.15, 0.2) is 60.7 Å². The lowest BCUT2D eigenvalue weighted by Crippen LogP contribution is -2.49. The monoisotopic (exact) mass is 810 g/mol. The van der Waals surface area contributed by atoms with Crippen LogP contribution in [0.4, 0.5) is 0 Å². The SMILES string of the molecule is COC(=O)c1ccc2c(c1)CC1C3C=C4CC5=CC6C7c8c9c%10c%11c%12c%13c%14c%15c(c%16c%13c%13c(c4c5c7c%13c8%12)C%163)C1(CC%15=CC(C=C%10CC91Cc3ccc(C)cc3CC61)C%11%14)C2.O=C=O. The Balaban J connectivity index is 0.00000107. The smallest absolute Gasteiger partial charge is 0.373 e. The summed E-state index contributed by atoms with van der Waals surface area (Å²) in [5.41, 5.74) is 36.5. The summed E-state index contributed by atoms with van der Waals surface area (Å²) in [5.74, 6) is 3.75. The topological polar surface area (TPSA) is 60.4 Å². The second kappa shape index (κ2) is 9.13. The minimum Gasteiger partial charge on any atom is -0.465 e. The van der Waals surface area contributed by atoms with E-state index in [0.29, 0.717) is 52.9 Å². The molecule has 10 atom stereocenters. The van der Waals surface area contributed by atoms with Crippen molar-refractivity contribution in [1.29, 1.82) is 0 Å². The van der Waals surface area contributed by atoms with E-state index >= 15 is 0 Å². The lowest BCUT2D eigenvalue weighted by molar-refractivity contribution is -0.191. The molecule has 0 heterocycles. The van der Waals surface area contributed by atoms with E-state index in [4.69, 9.17) is 14.3 Å². The van der Waals surface area contributed by atoms with Gasteiger partial charge in [-0.3, -0.25) is 0 Å². The van der Waals surface area contributed by atoms with Crippen molar-refractivity contribution in [1.82, 2.24) is 0 Å². The highest BCUT2D eigenvalue weighted by molar-refractivity contribution is 6.38. The largest absolute Gasteiger partial charge is 0.465 e. The molecule has 0 aromatic heterocycles. The van der Waals surface area contributed by atoms with Gasteiger partial charge in [0, 0.05) is 34.5 Å². The zero-order valence-corrected chi connectivity index (χ0v) is 35.0. The van der Waals surface area contributed by atoms with Crippen molar-refractivity contribution in [3.05, 3.63) is 161 Å². The summed E-state index contributed by atoms with van der Waals surface area (Å²) in [6.07, 6.45) is 19.9. The molecule has 20 rings (SSSR count). The van der Waals surface area contributed by atoms with E-state index in [1.807, 2.05) is 11.1 Å². The molecular formula is C59H38O4. The van der Waals surface area contributed by atoms with Crippen LogP contribution in [-0.2, 0) is 50.8 Å². The first-order valence-corrected chi connectivity index (χ1v) is 23.7. The van der Waals surface area contributed by atoms with Gasteiger partial charge in [0.05, 0.1) is 12.7 Å². The van der Waals surface area contributed by atoms with Crippen LogP contribution in [0.5, 0.6) is 0 Å². The van der Waals surface area contributed by atoms with Crippen molar-refractivity contribution < 1.29 is 19.1 Å². The predicted molar refractivity (Wildman–Crippen MR) is 240 cm³/mol. The minimum absolute atomic E-state index is 0.0788. The normalized spacial score (nSPS) is 34.1. The van der Waals surface area contributed by atoms with Crippen LogP contribution in [-0.4, -0.2) is 19.2 Å². The number of aryl methyl sites for hydroxylation is 1. The number of ether oxygens (including phenoxy) is 1. The third kappa shape index (κ3) is 2.78. The lowest BCUT2D eigenvalue weighted by Gasteiger charge is -2.54. The van der Waals surface area contributed by atoms with Gasteiger partial charge in [-0.05, 0) is 231 Å². The molecule has 4 heteroatoms. The van der Waals surface area contributed by atoms with E-state index in [1.165, 1.54) is 49.5 Å². The van der Waals surface area contributed by atoms with Crippen LogP contribution in [0.3, 0.4) is 0 Å². The fraction of sp³-hybridized carbons (Fsp3) is 0.322. The number of carbonyl (C=O) groups excluding carboxylic acids is 3. The van der Waals surface area contributed by atoms with Gasteiger partial charge in [0.1, 0.15) is 0 Å². The standard InChI is InChI=1S/C58H38O2.CO2/c1-20-3-4-22-16-57-18-29-10-26-11-30-19-58-17-23-6-5-21(56(59)60-2)8-25(23)15-34(58)32-13-28-9-27-12-31(33(57)14-24(22)7-20)40-44-35(27)36(28)45-41(32)53-51-47-43(39(30)55(53)58)37(26)42-38(29)54(57)52(40)50(46(42)47)48(44)49(45)51;2-1-3/h3-8,10-13,26,31-34,37,40-41H,9,14-19H2,1-2H3;. The first kappa shape index (κ1) is 31.7. The number of hydrogen-bond acceptors (Lipinski definition) is 4. The molecule has 0 aliphatic heterocycles. The summed E-state index contributed by atoms with van der Waals surface area (Å²) < 4.78 is 5.28. The van der Waals surface area contributed by atoms with Crippen LogP contribution in [0.1, 0.15) is 142 Å². The lowest BCUT2D eigenvalue weighted by atomic mass is 9.49. The number of fused-ring (bicyclic) bond motifs is 4. The molecule has 6 aromatic carbocycles. The summed E-state index contributed by atoms with van der Waals surface area (Å²) in [4.78, 5) is 29.2. The Morgan fingerprint density at radius 2 is 1.06 bits per heavy atom. The van der Waals surface area contributed by atoms with Crippen molar-refractivity contribution in [3.8, 4) is 0 Å². The van der Waals surface area contributed by atoms with Crippen molar-refractivity contribution in [3.63, 3.8) is 0 Å². The summed E-state index contributed by atoms with van der Waals surface area (Å²) in [7, 11) is 1.52. The summed E-state index contributed by atoms with van der Waals surface area (Å²) in [6.45, 7) is 2.31. The number of hydrogen-bond donors (Lipinski definition) is 0. The summed E-state index contributed by atoms with van der Waals surface area (Å²) >= 11 is 0. The van der Waals surface area contributed by atoms with Gasteiger partial charge in [-0.2, -0.15) is 9.59 Å². The number of benzene rings is 6. The zero-order chi connectivity index (χ0) is 40.8. The Labute approximate surface area is 362 Å². The maximum Gasteiger partial charge on any atom is 0.373 e. The minimum atomic E-state index is -0.214.